The summed E-state index contributed by atoms with van der Waals surface area (Å²) in [6, 6.07) is 8.07. The molecule has 2 unspecified atom stereocenters. The molecule has 2 amide bonds. The molecule has 2 aliphatic heterocycles. The van der Waals surface area contributed by atoms with Gasteiger partial charge in [-0.2, -0.15) is 0 Å². The molecule has 2 atom stereocenters. The van der Waals surface area contributed by atoms with E-state index in [2.05, 4.69) is 11.4 Å². The second kappa shape index (κ2) is 5.98. The Bertz CT molecular complexity index is 549. The number of imide groups is 1. The van der Waals surface area contributed by atoms with Crippen molar-refractivity contribution in [2.75, 3.05) is 13.2 Å². The lowest BCUT2D eigenvalue weighted by Gasteiger charge is -2.37. The fourth-order valence-electron chi connectivity index (χ4n) is 3.64. The molecule has 2 aliphatic rings. The van der Waals surface area contributed by atoms with Crippen LogP contribution in [0.2, 0.25) is 0 Å². The van der Waals surface area contributed by atoms with Crippen LogP contribution in [0.5, 0.6) is 0 Å². The van der Waals surface area contributed by atoms with Crippen LogP contribution >= 0.6 is 0 Å². The Morgan fingerprint density at radius 1 is 1.19 bits per heavy atom. The summed E-state index contributed by atoms with van der Waals surface area (Å²) in [6.45, 7) is 3.49. The third-order valence-electron chi connectivity index (χ3n) is 4.67. The van der Waals surface area contributed by atoms with Crippen molar-refractivity contribution in [3.05, 3.63) is 35.4 Å². The average molecular weight is 287 g/mol. The van der Waals surface area contributed by atoms with E-state index in [4.69, 9.17) is 4.74 Å². The van der Waals surface area contributed by atoms with Gasteiger partial charge in [0.25, 0.3) is 0 Å². The van der Waals surface area contributed by atoms with E-state index in [0.717, 1.165) is 37.2 Å². The van der Waals surface area contributed by atoms with Crippen molar-refractivity contribution >= 4 is 11.8 Å². The molecule has 4 heteroatoms. The molecule has 0 spiro atoms. The van der Waals surface area contributed by atoms with Crippen LogP contribution in [0.1, 0.15) is 36.3 Å². The minimum atomic E-state index is -0.217. The monoisotopic (exact) mass is 287 g/mol. The van der Waals surface area contributed by atoms with Gasteiger partial charge in [0.1, 0.15) is 0 Å². The third-order valence-corrected chi connectivity index (χ3v) is 4.67. The zero-order chi connectivity index (χ0) is 14.8. The summed E-state index contributed by atoms with van der Waals surface area (Å²) in [5.41, 5.74) is 2.17. The van der Waals surface area contributed by atoms with Crippen LogP contribution in [0.15, 0.2) is 24.3 Å². The molecule has 0 aromatic heterocycles. The third kappa shape index (κ3) is 3.00. The number of rotatable bonds is 2. The smallest absolute Gasteiger partial charge is 0.234 e. The van der Waals surface area contributed by atoms with E-state index in [1.807, 2.05) is 25.1 Å². The molecule has 1 N–H and O–H groups in total. The Balaban J connectivity index is 1.92. The Morgan fingerprint density at radius 3 is 2.67 bits per heavy atom. The summed E-state index contributed by atoms with van der Waals surface area (Å²) in [7, 11) is 0. The molecule has 3 rings (SSSR count). The van der Waals surface area contributed by atoms with Gasteiger partial charge in [-0.1, -0.05) is 29.8 Å². The van der Waals surface area contributed by atoms with Crippen LogP contribution in [-0.2, 0) is 14.3 Å². The van der Waals surface area contributed by atoms with Crippen LogP contribution in [0.25, 0.3) is 0 Å². The average Bonchev–Trinajstić information content (AvgIpc) is 2.47. The number of aryl methyl sites for hydroxylation is 1. The predicted octanol–water partition coefficient (Wildman–Crippen LogP) is 2.17. The standard InChI is InChI=1S/C17H21NO3/c1-11-3-2-4-13(9-11)16-14(10-15(19)18-17(16)20)12-5-7-21-8-6-12/h2-4,9,12,14,16H,5-8,10H2,1H3,(H,18,19,20). The number of piperidine rings is 1. The fourth-order valence-corrected chi connectivity index (χ4v) is 3.64. The van der Waals surface area contributed by atoms with E-state index in [9.17, 15) is 9.59 Å². The molecule has 4 nitrogen and oxygen atoms in total. The van der Waals surface area contributed by atoms with Crippen molar-refractivity contribution < 1.29 is 14.3 Å². The number of hydrogen-bond donors (Lipinski definition) is 1. The molecule has 1 aromatic carbocycles. The summed E-state index contributed by atoms with van der Waals surface area (Å²) in [5, 5.41) is 2.51. The van der Waals surface area contributed by atoms with Gasteiger partial charge in [-0.25, -0.2) is 0 Å². The van der Waals surface area contributed by atoms with E-state index < -0.39 is 0 Å². The first-order valence-corrected chi connectivity index (χ1v) is 7.63. The lowest BCUT2D eigenvalue weighted by Crippen LogP contribution is -2.47. The Labute approximate surface area is 124 Å². The number of ether oxygens (including phenoxy) is 1. The SMILES string of the molecule is Cc1cccc(C2C(=O)NC(=O)CC2C2CCOCC2)c1. The molecule has 0 radical (unpaired) electrons. The molecule has 112 valence electrons. The zero-order valence-electron chi connectivity index (χ0n) is 12.3. The van der Waals surface area contributed by atoms with E-state index in [-0.39, 0.29) is 23.7 Å². The molecule has 2 heterocycles. The Hall–Kier alpha value is -1.68. The maximum Gasteiger partial charge on any atom is 0.234 e. The number of nitrogens with one attached hydrogen (secondary N) is 1. The first kappa shape index (κ1) is 14.3. The highest BCUT2D eigenvalue weighted by molar-refractivity contribution is 6.01. The quantitative estimate of drug-likeness (QED) is 0.848. The number of carbonyl (C=O) groups excluding carboxylic acids is 2. The van der Waals surface area contributed by atoms with Gasteiger partial charge < -0.3 is 4.74 Å². The van der Waals surface area contributed by atoms with E-state index in [1.54, 1.807) is 0 Å². The van der Waals surface area contributed by atoms with Gasteiger partial charge in [-0.05, 0) is 37.2 Å². The van der Waals surface area contributed by atoms with Gasteiger partial charge >= 0.3 is 0 Å². The second-order valence-electron chi connectivity index (χ2n) is 6.12. The van der Waals surface area contributed by atoms with Crippen molar-refractivity contribution in [1.82, 2.24) is 5.32 Å². The molecule has 0 saturated carbocycles. The van der Waals surface area contributed by atoms with Gasteiger partial charge in [0.15, 0.2) is 0 Å². The summed E-state index contributed by atoms with van der Waals surface area (Å²) in [6.07, 6.45) is 2.32. The molecule has 1 aromatic rings. The maximum atomic E-state index is 12.4. The highest BCUT2D eigenvalue weighted by atomic mass is 16.5. The summed E-state index contributed by atoms with van der Waals surface area (Å²) >= 11 is 0. The molecule has 0 bridgehead atoms. The number of amides is 2. The minimum Gasteiger partial charge on any atom is -0.381 e. The van der Waals surface area contributed by atoms with E-state index in [0.29, 0.717) is 12.3 Å². The second-order valence-corrected chi connectivity index (χ2v) is 6.12. The molecular weight excluding hydrogens is 266 g/mol. The highest BCUT2D eigenvalue weighted by Gasteiger charge is 2.41. The predicted molar refractivity (Wildman–Crippen MR) is 78.7 cm³/mol. The van der Waals surface area contributed by atoms with E-state index >= 15 is 0 Å². The highest BCUT2D eigenvalue weighted by Crippen LogP contribution is 2.39. The Morgan fingerprint density at radius 2 is 1.95 bits per heavy atom. The van der Waals surface area contributed by atoms with E-state index in [1.165, 1.54) is 0 Å². The molecular formula is C17H21NO3. The lowest BCUT2D eigenvalue weighted by molar-refractivity contribution is -0.138. The van der Waals surface area contributed by atoms with Crippen LogP contribution in [0, 0.1) is 18.8 Å². The van der Waals surface area contributed by atoms with Gasteiger partial charge in [0.2, 0.25) is 11.8 Å². The topological polar surface area (TPSA) is 55.4 Å². The number of carbonyl (C=O) groups is 2. The van der Waals surface area contributed by atoms with Gasteiger partial charge in [-0.15, -0.1) is 0 Å². The summed E-state index contributed by atoms with van der Waals surface area (Å²) in [5.74, 6) is -0.0179. The largest absolute Gasteiger partial charge is 0.381 e. The van der Waals surface area contributed by atoms with Gasteiger partial charge in [0.05, 0.1) is 5.92 Å². The van der Waals surface area contributed by atoms with Crippen molar-refractivity contribution in [2.24, 2.45) is 11.8 Å². The maximum absolute atomic E-state index is 12.4. The van der Waals surface area contributed by atoms with Crippen molar-refractivity contribution in [1.29, 1.82) is 0 Å². The molecule has 0 aliphatic carbocycles. The Kier molecular flexibility index (Phi) is 4.06. The first-order valence-electron chi connectivity index (χ1n) is 7.63. The summed E-state index contributed by atoms with van der Waals surface area (Å²) in [4.78, 5) is 24.2. The first-order chi connectivity index (χ1) is 10.1. The van der Waals surface area contributed by atoms with Crippen molar-refractivity contribution in [2.45, 2.75) is 32.1 Å². The normalized spacial score (nSPS) is 27.5. The minimum absolute atomic E-state index is 0.0944. The van der Waals surface area contributed by atoms with Crippen LogP contribution in [0.4, 0.5) is 0 Å². The summed E-state index contributed by atoms with van der Waals surface area (Å²) < 4.78 is 5.42. The molecule has 2 fully saturated rings. The molecule has 21 heavy (non-hydrogen) atoms. The van der Waals surface area contributed by atoms with Crippen molar-refractivity contribution in [3.8, 4) is 0 Å². The van der Waals surface area contributed by atoms with Crippen molar-refractivity contribution in [3.63, 3.8) is 0 Å². The van der Waals surface area contributed by atoms with Crippen LogP contribution < -0.4 is 5.32 Å². The van der Waals surface area contributed by atoms with Crippen LogP contribution in [-0.4, -0.2) is 25.0 Å². The van der Waals surface area contributed by atoms with Gasteiger partial charge in [0, 0.05) is 19.6 Å². The van der Waals surface area contributed by atoms with Gasteiger partial charge in [-0.3, -0.25) is 14.9 Å². The fraction of sp³-hybridized carbons (Fsp3) is 0.529. The molecule has 2 saturated heterocycles. The lowest BCUT2D eigenvalue weighted by atomic mass is 9.71. The van der Waals surface area contributed by atoms with Crippen LogP contribution in [0.3, 0.4) is 0 Å². The number of hydrogen-bond acceptors (Lipinski definition) is 3. The zero-order valence-corrected chi connectivity index (χ0v) is 12.3. The number of benzene rings is 1.